The van der Waals surface area contributed by atoms with Crippen LogP contribution in [0.5, 0.6) is 11.5 Å². The summed E-state index contributed by atoms with van der Waals surface area (Å²) in [4.78, 5) is 23.7. The number of ether oxygens (including phenoxy) is 2. The van der Waals surface area contributed by atoms with Gasteiger partial charge in [0.05, 0.1) is 11.0 Å². The van der Waals surface area contributed by atoms with Crippen LogP contribution in [0, 0.1) is 10.1 Å². The van der Waals surface area contributed by atoms with Gasteiger partial charge in [0.15, 0.2) is 17.3 Å². The molecule has 33 heavy (non-hydrogen) atoms. The number of hydrogen-bond donors (Lipinski definition) is 1. The normalized spacial score (nSPS) is 13.4. The molecule has 1 heterocycles. The third-order valence-electron chi connectivity index (χ3n) is 5.68. The number of ketones is 1. The molecule has 0 spiro atoms. The molecule has 0 saturated carbocycles. The number of nitro benzene ring substituents is 1. The van der Waals surface area contributed by atoms with Crippen LogP contribution in [-0.4, -0.2) is 17.5 Å². The average Bonchev–Trinajstić information content (AvgIpc) is 3.26. The first-order valence-corrected chi connectivity index (χ1v) is 10.7. The number of carbonyl (C=O) groups is 1. The summed E-state index contributed by atoms with van der Waals surface area (Å²) in [7, 11) is 0. The second-order valence-electron chi connectivity index (χ2n) is 9.07. The van der Waals surface area contributed by atoms with Crippen LogP contribution in [0.3, 0.4) is 0 Å². The highest BCUT2D eigenvalue weighted by atomic mass is 16.7. The number of non-ortho nitro benzene ring substituents is 1. The number of nitrogens with one attached hydrogen (secondary N) is 1. The molecule has 0 bridgehead atoms. The van der Waals surface area contributed by atoms with E-state index in [0.717, 1.165) is 5.56 Å². The Labute approximate surface area is 192 Å². The molecule has 1 N–H and O–H groups in total. The zero-order valence-electron chi connectivity index (χ0n) is 18.8. The Morgan fingerprint density at radius 1 is 1.00 bits per heavy atom. The van der Waals surface area contributed by atoms with Gasteiger partial charge in [-0.15, -0.1) is 0 Å². The molecule has 170 valence electrons. The molecule has 3 aromatic carbocycles. The summed E-state index contributed by atoms with van der Waals surface area (Å²) < 4.78 is 10.7. The van der Waals surface area contributed by atoms with Crippen LogP contribution in [-0.2, 0) is 5.41 Å². The van der Waals surface area contributed by atoms with Gasteiger partial charge in [0, 0.05) is 29.8 Å². The largest absolute Gasteiger partial charge is 0.454 e. The zero-order valence-corrected chi connectivity index (χ0v) is 18.8. The monoisotopic (exact) mass is 446 g/mol. The second kappa shape index (κ2) is 8.94. The van der Waals surface area contributed by atoms with Gasteiger partial charge in [-0.05, 0) is 46.9 Å². The summed E-state index contributed by atoms with van der Waals surface area (Å²) in [5.74, 6) is 1.15. The molecular weight excluding hydrogens is 420 g/mol. The lowest BCUT2D eigenvalue weighted by atomic mass is 9.86. The van der Waals surface area contributed by atoms with Crippen molar-refractivity contribution in [3.63, 3.8) is 0 Å². The van der Waals surface area contributed by atoms with Crippen LogP contribution < -0.4 is 14.8 Å². The van der Waals surface area contributed by atoms with Crippen molar-refractivity contribution in [3.8, 4) is 11.5 Å². The van der Waals surface area contributed by atoms with E-state index in [0.29, 0.717) is 22.7 Å². The van der Waals surface area contributed by atoms with Gasteiger partial charge < -0.3 is 14.8 Å². The highest BCUT2D eigenvalue weighted by Gasteiger charge is 2.22. The van der Waals surface area contributed by atoms with E-state index in [1.165, 1.54) is 17.7 Å². The second-order valence-corrected chi connectivity index (χ2v) is 9.07. The van der Waals surface area contributed by atoms with Crippen LogP contribution in [0.2, 0.25) is 0 Å². The van der Waals surface area contributed by atoms with E-state index in [9.17, 15) is 14.9 Å². The molecule has 1 atom stereocenters. The number of nitro groups is 1. The van der Waals surface area contributed by atoms with Gasteiger partial charge in [-0.2, -0.15) is 0 Å². The van der Waals surface area contributed by atoms with Crippen LogP contribution in [0.1, 0.15) is 54.7 Å². The van der Waals surface area contributed by atoms with Crippen molar-refractivity contribution in [2.24, 2.45) is 0 Å². The lowest BCUT2D eigenvalue weighted by molar-refractivity contribution is -0.384. The van der Waals surface area contributed by atoms with Gasteiger partial charge in [0.2, 0.25) is 6.79 Å². The number of anilines is 1. The fourth-order valence-corrected chi connectivity index (χ4v) is 3.72. The summed E-state index contributed by atoms with van der Waals surface area (Å²) in [5.41, 5.74) is 3.42. The van der Waals surface area contributed by atoms with Crippen LogP contribution >= 0.6 is 0 Å². The average molecular weight is 447 g/mol. The quantitative estimate of drug-likeness (QED) is 0.270. The Hall–Kier alpha value is -3.87. The Morgan fingerprint density at radius 2 is 1.67 bits per heavy atom. The van der Waals surface area contributed by atoms with Gasteiger partial charge in [-0.3, -0.25) is 14.9 Å². The predicted octanol–water partition coefficient (Wildman–Crippen LogP) is 6.05. The molecule has 0 aliphatic carbocycles. The van der Waals surface area contributed by atoms with Gasteiger partial charge >= 0.3 is 0 Å². The Balaban J connectivity index is 1.60. The molecule has 0 fully saturated rings. The standard InChI is InChI=1S/C26H26N2O5/c1-26(2,3)19-7-4-17(5-8-19)22(27-20-9-11-21(12-10-20)28(30)31)15-23(29)18-6-13-24-25(14-18)33-16-32-24/h4-14,22,27H,15-16H2,1-3H3/t22-/m1/s1. The fraction of sp³-hybridized carbons (Fsp3) is 0.269. The van der Waals surface area contributed by atoms with Crippen molar-refractivity contribution in [2.45, 2.75) is 38.6 Å². The third kappa shape index (κ3) is 5.14. The highest BCUT2D eigenvalue weighted by Crippen LogP contribution is 2.34. The summed E-state index contributed by atoms with van der Waals surface area (Å²) >= 11 is 0. The van der Waals surface area contributed by atoms with Gasteiger partial charge in [-0.25, -0.2) is 0 Å². The smallest absolute Gasteiger partial charge is 0.269 e. The molecule has 1 aliphatic heterocycles. The highest BCUT2D eigenvalue weighted by molar-refractivity contribution is 5.97. The van der Waals surface area contributed by atoms with Crippen molar-refractivity contribution in [1.29, 1.82) is 0 Å². The number of fused-ring (bicyclic) bond motifs is 1. The maximum absolute atomic E-state index is 13.2. The first-order chi connectivity index (χ1) is 15.7. The Morgan fingerprint density at radius 3 is 2.30 bits per heavy atom. The Bertz CT molecular complexity index is 1160. The maximum atomic E-state index is 13.2. The summed E-state index contributed by atoms with van der Waals surface area (Å²) in [6.07, 6.45) is 0.200. The van der Waals surface area contributed by atoms with E-state index < -0.39 is 4.92 Å². The molecule has 0 unspecified atom stereocenters. The molecule has 0 amide bonds. The van der Waals surface area contributed by atoms with Crippen LogP contribution in [0.4, 0.5) is 11.4 Å². The van der Waals surface area contributed by atoms with Crippen molar-refractivity contribution >= 4 is 17.2 Å². The van der Waals surface area contributed by atoms with Crippen molar-refractivity contribution in [1.82, 2.24) is 0 Å². The molecule has 0 aromatic heterocycles. The summed E-state index contributed by atoms with van der Waals surface area (Å²) in [5, 5.41) is 14.3. The number of rotatable bonds is 7. The first kappa shape index (κ1) is 22.3. The summed E-state index contributed by atoms with van der Waals surface area (Å²) in [6, 6.07) is 19.3. The molecule has 0 radical (unpaired) electrons. The molecule has 1 aliphatic rings. The van der Waals surface area contributed by atoms with Crippen molar-refractivity contribution in [2.75, 3.05) is 12.1 Å². The molecule has 4 rings (SSSR count). The molecule has 7 nitrogen and oxygen atoms in total. The minimum absolute atomic E-state index is 0.0160. The fourth-order valence-electron chi connectivity index (χ4n) is 3.72. The molecule has 3 aromatic rings. The minimum atomic E-state index is -0.435. The van der Waals surface area contributed by atoms with Gasteiger partial charge in [-0.1, -0.05) is 45.0 Å². The van der Waals surface area contributed by atoms with E-state index in [1.807, 2.05) is 12.1 Å². The first-order valence-electron chi connectivity index (χ1n) is 10.7. The number of benzene rings is 3. The minimum Gasteiger partial charge on any atom is -0.454 e. The molecule has 0 saturated heterocycles. The molecular formula is C26H26N2O5. The topological polar surface area (TPSA) is 90.7 Å². The van der Waals surface area contributed by atoms with Crippen molar-refractivity contribution < 1.29 is 19.2 Å². The number of Topliss-reactive ketones (excluding diaryl/α,β-unsaturated/α-hetero) is 1. The number of carbonyl (C=O) groups excluding carboxylic acids is 1. The zero-order chi connectivity index (χ0) is 23.6. The van der Waals surface area contributed by atoms with Gasteiger partial charge in [0.25, 0.3) is 5.69 Å². The van der Waals surface area contributed by atoms with Crippen LogP contribution in [0.15, 0.2) is 66.7 Å². The van der Waals surface area contributed by atoms with E-state index >= 15 is 0 Å². The van der Waals surface area contributed by atoms with E-state index in [2.05, 4.69) is 38.2 Å². The Kier molecular flexibility index (Phi) is 6.05. The van der Waals surface area contributed by atoms with Crippen LogP contribution in [0.25, 0.3) is 0 Å². The third-order valence-corrected chi connectivity index (χ3v) is 5.68. The SMILES string of the molecule is CC(C)(C)c1ccc([C@@H](CC(=O)c2ccc3c(c2)OCO3)Nc2ccc([N+](=O)[O-])cc2)cc1. The lowest BCUT2D eigenvalue weighted by Crippen LogP contribution is -2.17. The summed E-state index contributed by atoms with van der Waals surface area (Å²) in [6.45, 7) is 6.60. The maximum Gasteiger partial charge on any atom is 0.269 e. The number of hydrogen-bond acceptors (Lipinski definition) is 6. The molecule has 7 heteroatoms. The lowest BCUT2D eigenvalue weighted by Gasteiger charge is -2.23. The van der Waals surface area contributed by atoms with E-state index in [-0.39, 0.29) is 36.1 Å². The van der Waals surface area contributed by atoms with E-state index in [4.69, 9.17) is 9.47 Å². The van der Waals surface area contributed by atoms with Gasteiger partial charge in [0.1, 0.15) is 0 Å². The van der Waals surface area contributed by atoms with Crippen molar-refractivity contribution in [3.05, 3.63) is 93.5 Å². The van der Waals surface area contributed by atoms with E-state index in [1.54, 1.807) is 30.3 Å². The predicted molar refractivity (Wildman–Crippen MR) is 126 cm³/mol. The number of nitrogens with zero attached hydrogens (tertiary/aromatic N) is 1.